The van der Waals surface area contributed by atoms with E-state index in [1.54, 1.807) is 0 Å². The predicted molar refractivity (Wildman–Crippen MR) is 99.8 cm³/mol. The summed E-state index contributed by atoms with van der Waals surface area (Å²) >= 11 is 0. The van der Waals surface area contributed by atoms with E-state index < -0.39 is 11.9 Å². The standard InChI is InChI=1S/C21H24N2O3/c1-3-13-11-23-9-8-15-14-6-4-5-7-18(14)22-20(15)19(23)10-16(13)17(12-24)21(25)26-2/h3-7,12,16-17,19,22H,8-11H2,1-2H3/t16-,17?,19-/m0/s1. The Kier molecular flexibility index (Phi) is 4.41. The molecule has 26 heavy (non-hydrogen) atoms. The van der Waals surface area contributed by atoms with Gasteiger partial charge < -0.3 is 14.5 Å². The lowest BCUT2D eigenvalue weighted by atomic mass is 9.75. The summed E-state index contributed by atoms with van der Waals surface area (Å²) < 4.78 is 4.88. The van der Waals surface area contributed by atoms with E-state index in [-0.39, 0.29) is 12.0 Å². The van der Waals surface area contributed by atoms with Gasteiger partial charge in [0, 0.05) is 35.6 Å². The largest absolute Gasteiger partial charge is 0.468 e. The highest BCUT2D eigenvalue weighted by Gasteiger charge is 2.42. The van der Waals surface area contributed by atoms with Crippen molar-refractivity contribution in [1.29, 1.82) is 0 Å². The third-order valence-electron chi connectivity index (χ3n) is 6.03. The number of nitrogens with zero attached hydrogens (tertiary/aromatic N) is 1. The molecule has 1 fully saturated rings. The van der Waals surface area contributed by atoms with Gasteiger partial charge in [0.1, 0.15) is 12.2 Å². The smallest absolute Gasteiger partial charge is 0.316 e. The van der Waals surface area contributed by atoms with Crippen LogP contribution in [0.3, 0.4) is 0 Å². The fourth-order valence-corrected chi connectivity index (χ4v) is 4.70. The number of H-pyrrole nitrogens is 1. The lowest BCUT2D eigenvalue weighted by molar-refractivity contribution is -0.149. The highest BCUT2D eigenvalue weighted by molar-refractivity contribution is 5.89. The number of nitrogens with one attached hydrogen (secondary N) is 1. The molecule has 2 aliphatic heterocycles. The fraction of sp³-hybridized carbons (Fsp3) is 0.429. The number of hydrogen-bond acceptors (Lipinski definition) is 4. The summed E-state index contributed by atoms with van der Waals surface area (Å²) in [6.45, 7) is 3.77. The van der Waals surface area contributed by atoms with E-state index in [4.69, 9.17) is 4.74 Å². The van der Waals surface area contributed by atoms with Crippen LogP contribution in [0.4, 0.5) is 0 Å². The summed E-state index contributed by atoms with van der Waals surface area (Å²) in [5.74, 6) is -1.28. The lowest BCUT2D eigenvalue weighted by Gasteiger charge is -2.44. The molecule has 1 unspecified atom stereocenters. The van der Waals surface area contributed by atoms with Crippen LogP contribution in [0.15, 0.2) is 35.9 Å². The molecule has 0 saturated carbocycles. The van der Waals surface area contributed by atoms with Gasteiger partial charge >= 0.3 is 5.97 Å². The Hall–Kier alpha value is -2.40. The number of ether oxygens (including phenoxy) is 1. The third kappa shape index (κ3) is 2.58. The maximum absolute atomic E-state index is 12.1. The van der Waals surface area contributed by atoms with Gasteiger partial charge in [0.05, 0.1) is 13.2 Å². The van der Waals surface area contributed by atoms with Crippen molar-refractivity contribution in [3.8, 4) is 0 Å². The van der Waals surface area contributed by atoms with E-state index in [0.29, 0.717) is 0 Å². The number of aldehydes is 1. The molecule has 0 amide bonds. The molecular formula is C21H24N2O3. The summed E-state index contributed by atoms with van der Waals surface area (Å²) in [5, 5.41) is 1.29. The van der Waals surface area contributed by atoms with E-state index in [9.17, 15) is 9.59 Å². The minimum atomic E-state index is -0.733. The zero-order chi connectivity index (χ0) is 18.3. The second-order valence-electron chi connectivity index (χ2n) is 7.19. The van der Waals surface area contributed by atoms with Crippen LogP contribution in [0.1, 0.15) is 30.6 Å². The lowest BCUT2D eigenvalue weighted by Crippen LogP contribution is -2.45. The molecule has 0 spiro atoms. The maximum atomic E-state index is 12.1. The van der Waals surface area contributed by atoms with Gasteiger partial charge in [0.15, 0.2) is 0 Å². The molecule has 3 atom stereocenters. The van der Waals surface area contributed by atoms with Gasteiger partial charge in [0.25, 0.3) is 0 Å². The average Bonchev–Trinajstić information content (AvgIpc) is 3.07. The highest BCUT2D eigenvalue weighted by Crippen LogP contribution is 2.44. The van der Waals surface area contributed by atoms with Crippen LogP contribution in [0, 0.1) is 11.8 Å². The molecule has 0 radical (unpaired) electrons. The third-order valence-corrected chi connectivity index (χ3v) is 6.03. The first kappa shape index (κ1) is 17.0. The number of methoxy groups -OCH3 is 1. The Bertz CT molecular complexity index is 883. The molecule has 1 N–H and O–H groups in total. The van der Waals surface area contributed by atoms with Gasteiger partial charge in [-0.3, -0.25) is 9.69 Å². The van der Waals surface area contributed by atoms with Crippen LogP contribution in [-0.2, 0) is 20.7 Å². The second kappa shape index (κ2) is 6.72. The number of allylic oxidation sites excluding steroid dienone is 1. The van der Waals surface area contributed by atoms with Crippen molar-refractivity contribution >= 4 is 23.2 Å². The van der Waals surface area contributed by atoms with Gasteiger partial charge in [-0.1, -0.05) is 29.8 Å². The van der Waals surface area contributed by atoms with Crippen LogP contribution in [0.25, 0.3) is 10.9 Å². The summed E-state index contributed by atoms with van der Waals surface area (Å²) in [6, 6.07) is 8.60. The molecule has 0 aliphatic carbocycles. The Morgan fingerprint density at radius 1 is 1.38 bits per heavy atom. The summed E-state index contributed by atoms with van der Waals surface area (Å²) in [5.41, 5.74) is 4.94. The average molecular weight is 352 g/mol. The van der Waals surface area contributed by atoms with Gasteiger partial charge in [-0.2, -0.15) is 0 Å². The first-order valence-corrected chi connectivity index (χ1v) is 9.19. The van der Waals surface area contributed by atoms with Crippen molar-refractivity contribution in [3.63, 3.8) is 0 Å². The Morgan fingerprint density at radius 3 is 2.92 bits per heavy atom. The summed E-state index contributed by atoms with van der Waals surface area (Å²) in [6.07, 6.45) is 4.58. The maximum Gasteiger partial charge on any atom is 0.316 e. The monoisotopic (exact) mass is 352 g/mol. The van der Waals surface area contributed by atoms with Crippen LogP contribution < -0.4 is 0 Å². The fourth-order valence-electron chi connectivity index (χ4n) is 4.70. The highest BCUT2D eigenvalue weighted by atomic mass is 16.5. The quantitative estimate of drug-likeness (QED) is 0.399. The van der Waals surface area contributed by atoms with Crippen LogP contribution in [0.2, 0.25) is 0 Å². The molecule has 2 aromatic rings. The van der Waals surface area contributed by atoms with Gasteiger partial charge in [-0.05, 0) is 31.4 Å². The normalized spacial score (nSPS) is 25.5. The van der Waals surface area contributed by atoms with Crippen LogP contribution in [-0.4, -0.2) is 42.3 Å². The number of esters is 1. The van der Waals surface area contributed by atoms with Crippen LogP contribution >= 0.6 is 0 Å². The Morgan fingerprint density at radius 2 is 2.19 bits per heavy atom. The number of benzene rings is 1. The zero-order valence-corrected chi connectivity index (χ0v) is 15.2. The van der Waals surface area contributed by atoms with Gasteiger partial charge in [-0.15, -0.1) is 0 Å². The topological polar surface area (TPSA) is 62.4 Å². The van der Waals surface area contributed by atoms with Gasteiger partial charge in [-0.25, -0.2) is 0 Å². The molecule has 136 valence electrons. The second-order valence-corrected chi connectivity index (χ2v) is 7.19. The molecular weight excluding hydrogens is 328 g/mol. The number of carbonyl (C=O) groups is 2. The zero-order valence-electron chi connectivity index (χ0n) is 15.2. The van der Waals surface area contributed by atoms with E-state index >= 15 is 0 Å². The summed E-state index contributed by atoms with van der Waals surface area (Å²) in [4.78, 5) is 29.9. The van der Waals surface area contributed by atoms with E-state index in [0.717, 1.165) is 43.3 Å². The first-order chi connectivity index (χ1) is 12.7. The molecule has 0 bridgehead atoms. The van der Waals surface area contributed by atoms with Crippen molar-refractivity contribution in [2.75, 3.05) is 20.2 Å². The van der Waals surface area contributed by atoms with E-state index in [2.05, 4.69) is 34.2 Å². The molecule has 1 aromatic heterocycles. The number of hydrogen-bond donors (Lipinski definition) is 1. The van der Waals surface area contributed by atoms with Crippen LogP contribution in [0.5, 0.6) is 0 Å². The minimum absolute atomic E-state index is 0.108. The number of fused-ring (bicyclic) bond motifs is 5. The van der Waals surface area contributed by atoms with E-state index in [1.807, 2.05) is 13.0 Å². The first-order valence-electron chi connectivity index (χ1n) is 9.19. The molecule has 1 saturated heterocycles. The Balaban J connectivity index is 1.74. The molecule has 3 heterocycles. The molecule has 5 heteroatoms. The number of aromatic amines is 1. The molecule has 1 aromatic carbocycles. The molecule has 2 aliphatic rings. The number of carbonyl (C=O) groups excluding carboxylic acids is 2. The predicted octanol–water partition coefficient (Wildman–Crippen LogP) is 3.02. The van der Waals surface area contributed by atoms with Gasteiger partial charge in [0.2, 0.25) is 0 Å². The van der Waals surface area contributed by atoms with Crippen molar-refractivity contribution < 1.29 is 14.3 Å². The summed E-state index contributed by atoms with van der Waals surface area (Å²) in [7, 11) is 1.35. The number of rotatable bonds is 3. The number of aromatic nitrogens is 1. The van der Waals surface area contributed by atoms with Crippen molar-refractivity contribution in [3.05, 3.63) is 47.2 Å². The van der Waals surface area contributed by atoms with Crippen molar-refractivity contribution in [2.45, 2.75) is 25.8 Å². The number of piperidine rings is 1. The SMILES string of the molecule is CC=C1CN2CCc3c([nH]c4ccccc34)[C@@H]2C[C@@H]1C(C=O)C(=O)OC. The minimum Gasteiger partial charge on any atom is -0.468 e. The van der Waals surface area contributed by atoms with Crippen molar-refractivity contribution in [1.82, 2.24) is 9.88 Å². The Labute approximate surface area is 153 Å². The molecule has 5 nitrogen and oxygen atoms in total. The molecule has 4 rings (SSSR count). The van der Waals surface area contributed by atoms with Crippen molar-refractivity contribution in [2.24, 2.45) is 11.8 Å². The number of para-hydroxylation sites is 1. The van der Waals surface area contributed by atoms with E-state index in [1.165, 1.54) is 23.8 Å².